The predicted octanol–water partition coefficient (Wildman–Crippen LogP) is 4.50. The molecule has 9 heteroatoms. The second kappa shape index (κ2) is 6.23. The van der Waals surface area contributed by atoms with Gasteiger partial charge in [-0.3, -0.25) is 4.72 Å². The highest BCUT2D eigenvalue weighted by molar-refractivity contribution is 9.11. The molecule has 0 saturated heterocycles. The summed E-state index contributed by atoms with van der Waals surface area (Å²) in [4.78, 5) is -0.0139. The number of nitrogens with two attached hydrogens (primary N) is 1. The first-order valence-electron chi connectivity index (χ1n) is 5.43. The number of hydrogen-bond donors (Lipinski definition) is 2. The molecule has 0 radical (unpaired) electrons. The van der Waals surface area contributed by atoms with Crippen LogP contribution in [0.25, 0.3) is 0 Å². The van der Waals surface area contributed by atoms with Crippen molar-refractivity contribution in [3.8, 4) is 0 Å². The first-order valence-corrected chi connectivity index (χ1v) is 9.29. The van der Waals surface area contributed by atoms with Gasteiger partial charge in [0, 0.05) is 14.6 Å². The highest BCUT2D eigenvalue weighted by Gasteiger charge is 2.22. The van der Waals surface area contributed by atoms with Gasteiger partial charge in [0.15, 0.2) is 0 Å². The third kappa shape index (κ3) is 3.77. The molecule has 0 aliphatic heterocycles. The molecule has 0 spiro atoms. The highest BCUT2D eigenvalue weighted by atomic mass is 79.9. The largest absolute Gasteiger partial charge is 0.399 e. The topological polar surface area (TPSA) is 72.2 Å². The van der Waals surface area contributed by atoms with E-state index in [1.54, 1.807) is 0 Å². The maximum atomic E-state index is 13.5. The van der Waals surface area contributed by atoms with Gasteiger partial charge in [-0.05, 0) is 78.1 Å². The first kappa shape index (κ1) is 16.7. The van der Waals surface area contributed by atoms with Gasteiger partial charge < -0.3 is 5.73 Å². The summed E-state index contributed by atoms with van der Waals surface area (Å²) in [5.41, 5.74) is 6.15. The van der Waals surface area contributed by atoms with Crippen molar-refractivity contribution in [1.82, 2.24) is 0 Å². The average molecular weight is 503 g/mol. The van der Waals surface area contributed by atoms with Crippen LogP contribution in [0.2, 0.25) is 0 Å². The predicted molar refractivity (Wildman–Crippen MR) is 91.2 cm³/mol. The molecule has 0 aromatic heterocycles. The smallest absolute Gasteiger partial charge is 0.264 e. The number of anilines is 2. The fourth-order valence-electron chi connectivity index (χ4n) is 1.60. The number of sulfonamides is 1. The molecular weight excluding hydrogens is 495 g/mol. The molecule has 4 nitrogen and oxygen atoms in total. The van der Waals surface area contributed by atoms with Crippen LogP contribution in [0, 0.1) is 5.82 Å². The molecule has 2 aromatic carbocycles. The van der Waals surface area contributed by atoms with Crippen LogP contribution in [-0.4, -0.2) is 8.42 Å². The van der Waals surface area contributed by atoms with Crippen LogP contribution in [0.4, 0.5) is 15.8 Å². The van der Waals surface area contributed by atoms with Crippen molar-refractivity contribution in [2.75, 3.05) is 10.5 Å². The normalized spacial score (nSPS) is 11.4. The Morgan fingerprint density at radius 2 is 1.57 bits per heavy atom. The van der Waals surface area contributed by atoms with Crippen LogP contribution in [0.1, 0.15) is 0 Å². The lowest BCUT2D eigenvalue weighted by Gasteiger charge is -2.12. The van der Waals surface area contributed by atoms with Gasteiger partial charge >= 0.3 is 0 Å². The lowest BCUT2D eigenvalue weighted by atomic mass is 10.3. The Morgan fingerprint density at radius 1 is 1.00 bits per heavy atom. The molecule has 3 N–H and O–H groups in total. The van der Waals surface area contributed by atoms with Crippen LogP contribution >= 0.6 is 47.8 Å². The van der Waals surface area contributed by atoms with E-state index in [-0.39, 0.29) is 15.1 Å². The van der Waals surface area contributed by atoms with Crippen molar-refractivity contribution in [2.24, 2.45) is 0 Å². The molecule has 0 unspecified atom stereocenters. The number of halogens is 4. The van der Waals surface area contributed by atoms with Crippen molar-refractivity contribution in [3.05, 3.63) is 49.6 Å². The Bertz CT molecular complexity index is 789. The van der Waals surface area contributed by atoms with Crippen LogP contribution < -0.4 is 10.5 Å². The van der Waals surface area contributed by atoms with Crippen LogP contribution in [0.3, 0.4) is 0 Å². The Balaban J connectivity index is 2.46. The van der Waals surface area contributed by atoms with E-state index in [1.165, 1.54) is 24.3 Å². The average Bonchev–Trinajstić information content (AvgIpc) is 2.31. The maximum absolute atomic E-state index is 13.5. The van der Waals surface area contributed by atoms with Gasteiger partial charge in [0.2, 0.25) is 0 Å². The number of nitrogens with one attached hydrogen (secondary N) is 1. The monoisotopic (exact) mass is 500 g/mol. The first-order chi connectivity index (χ1) is 9.70. The van der Waals surface area contributed by atoms with E-state index >= 15 is 0 Å². The van der Waals surface area contributed by atoms with Crippen molar-refractivity contribution in [3.63, 3.8) is 0 Å². The minimum Gasteiger partial charge on any atom is -0.399 e. The number of nitrogen functional groups attached to an aromatic ring is 1. The van der Waals surface area contributed by atoms with Crippen LogP contribution in [-0.2, 0) is 10.0 Å². The summed E-state index contributed by atoms with van der Waals surface area (Å²) in [7, 11) is -3.90. The van der Waals surface area contributed by atoms with Gasteiger partial charge in [-0.1, -0.05) is 0 Å². The molecule has 0 atom stereocenters. The summed E-state index contributed by atoms with van der Waals surface area (Å²) in [5.74, 6) is -0.564. The summed E-state index contributed by atoms with van der Waals surface area (Å²) in [5, 5.41) is 0. The fourth-order valence-corrected chi connectivity index (χ4v) is 5.52. The molecule has 0 heterocycles. The maximum Gasteiger partial charge on any atom is 0.264 e. The molecule has 2 rings (SSSR count). The summed E-state index contributed by atoms with van der Waals surface area (Å²) < 4.78 is 41.4. The zero-order chi connectivity index (χ0) is 15.8. The Labute approximate surface area is 146 Å². The van der Waals surface area contributed by atoms with E-state index in [9.17, 15) is 12.8 Å². The zero-order valence-corrected chi connectivity index (χ0v) is 15.8. The standard InChI is InChI=1S/C12H8Br3FN2O2S/c13-8-2-1-7(5-11(8)16)18-21(19,20)12-9(14)3-6(17)4-10(12)15/h1-5,18H,17H2. The van der Waals surface area contributed by atoms with Crippen molar-refractivity contribution >= 4 is 69.2 Å². The number of rotatable bonds is 3. The lowest BCUT2D eigenvalue weighted by Crippen LogP contribution is -2.14. The molecule has 21 heavy (non-hydrogen) atoms. The van der Waals surface area contributed by atoms with Crippen molar-refractivity contribution < 1.29 is 12.8 Å². The van der Waals surface area contributed by atoms with Gasteiger partial charge in [0.05, 0.1) is 10.2 Å². The van der Waals surface area contributed by atoms with Gasteiger partial charge in [0.25, 0.3) is 10.0 Å². The van der Waals surface area contributed by atoms with Crippen LogP contribution in [0.15, 0.2) is 48.6 Å². The molecule has 0 aliphatic rings. The summed E-state index contributed by atoms with van der Waals surface area (Å²) in [6, 6.07) is 6.90. The Kier molecular flexibility index (Phi) is 4.96. The third-order valence-corrected chi connectivity index (χ3v) is 6.36. The molecule has 112 valence electrons. The lowest BCUT2D eigenvalue weighted by molar-refractivity contribution is 0.600. The minimum atomic E-state index is -3.90. The number of benzene rings is 2. The van der Waals surface area contributed by atoms with Gasteiger partial charge in [-0.25, -0.2) is 12.8 Å². The number of hydrogen-bond acceptors (Lipinski definition) is 3. The van der Waals surface area contributed by atoms with Crippen LogP contribution in [0.5, 0.6) is 0 Å². The Hall–Kier alpha value is -0.640. The highest BCUT2D eigenvalue weighted by Crippen LogP contribution is 2.33. The third-order valence-electron chi connectivity index (χ3n) is 2.46. The molecule has 2 aromatic rings. The molecular formula is C12H8Br3FN2O2S. The second-order valence-corrected chi connectivity index (χ2v) is 8.23. The van der Waals surface area contributed by atoms with Gasteiger partial charge in [-0.15, -0.1) is 0 Å². The minimum absolute atomic E-state index is 0.0139. The van der Waals surface area contributed by atoms with E-state index in [1.807, 2.05) is 0 Å². The fraction of sp³-hybridized carbons (Fsp3) is 0. The molecule has 0 fully saturated rings. The van der Waals surface area contributed by atoms with E-state index in [4.69, 9.17) is 5.73 Å². The SMILES string of the molecule is Nc1cc(Br)c(S(=O)(=O)Nc2ccc(Br)c(F)c2)c(Br)c1. The molecule has 0 aliphatic carbocycles. The molecule has 0 saturated carbocycles. The quantitative estimate of drug-likeness (QED) is 0.607. The van der Waals surface area contributed by atoms with Gasteiger partial charge in [0.1, 0.15) is 10.7 Å². The van der Waals surface area contributed by atoms with Crippen molar-refractivity contribution in [2.45, 2.75) is 4.90 Å². The van der Waals surface area contributed by atoms with E-state index in [0.717, 1.165) is 6.07 Å². The summed E-state index contributed by atoms with van der Waals surface area (Å²) in [6.07, 6.45) is 0. The van der Waals surface area contributed by atoms with E-state index < -0.39 is 15.8 Å². The summed E-state index contributed by atoms with van der Waals surface area (Å²) in [6.45, 7) is 0. The Morgan fingerprint density at radius 3 is 2.10 bits per heavy atom. The van der Waals surface area contributed by atoms with E-state index in [0.29, 0.717) is 14.6 Å². The van der Waals surface area contributed by atoms with E-state index in [2.05, 4.69) is 52.5 Å². The molecule has 0 amide bonds. The van der Waals surface area contributed by atoms with Crippen molar-refractivity contribution in [1.29, 1.82) is 0 Å². The zero-order valence-electron chi connectivity index (χ0n) is 10.2. The molecule has 0 bridgehead atoms. The van der Waals surface area contributed by atoms with Gasteiger partial charge in [-0.2, -0.15) is 0 Å². The summed E-state index contributed by atoms with van der Waals surface area (Å²) >= 11 is 9.33. The second-order valence-electron chi connectivity index (χ2n) is 4.05.